The number of carboxylic acids is 1. The van der Waals surface area contributed by atoms with E-state index in [1.807, 2.05) is 48.5 Å². The summed E-state index contributed by atoms with van der Waals surface area (Å²) in [6.07, 6.45) is -1.70. The highest BCUT2D eigenvalue weighted by Crippen LogP contribution is 2.44. The zero-order chi connectivity index (χ0) is 23.8. The van der Waals surface area contributed by atoms with Gasteiger partial charge in [-0.05, 0) is 22.3 Å². The summed E-state index contributed by atoms with van der Waals surface area (Å²) in [5.74, 6) is -1.67. The number of methoxy groups -OCH3 is 2. The molecule has 0 saturated carbocycles. The molecule has 0 aromatic heterocycles. The minimum Gasteiger partial charge on any atom is -0.481 e. The van der Waals surface area contributed by atoms with Crippen molar-refractivity contribution in [2.24, 2.45) is 0 Å². The molecule has 9 nitrogen and oxygen atoms in total. The van der Waals surface area contributed by atoms with Crippen LogP contribution in [0.5, 0.6) is 0 Å². The van der Waals surface area contributed by atoms with E-state index >= 15 is 0 Å². The van der Waals surface area contributed by atoms with Crippen molar-refractivity contribution in [3.63, 3.8) is 0 Å². The van der Waals surface area contributed by atoms with Gasteiger partial charge in [-0.2, -0.15) is 0 Å². The lowest BCUT2D eigenvalue weighted by atomic mass is 9.98. The Bertz CT molecular complexity index is 949. The van der Waals surface area contributed by atoms with Gasteiger partial charge in [0, 0.05) is 26.7 Å². The van der Waals surface area contributed by atoms with Gasteiger partial charge in [0.2, 0.25) is 5.91 Å². The van der Waals surface area contributed by atoms with Gasteiger partial charge in [-0.25, -0.2) is 4.79 Å². The Hall–Kier alpha value is -3.43. The van der Waals surface area contributed by atoms with Gasteiger partial charge < -0.3 is 30.0 Å². The van der Waals surface area contributed by atoms with Crippen molar-refractivity contribution in [3.05, 3.63) is 59.7 Å². The second-order valence-electron chi connectivity index (χ2n) is 7.68. The normalized spacial score (nSPS) is 14.0. The van der Waals surface area contributed by atoms with E-state index < -0.39 is 30.1 Å². The third kappa shape index (κ3) is 6.09. The molecule has 0 saturated heterocycles. The Labute approximate surface area is 192 Å². The number of ether oxygens (including phenoxy) is 3. The van der Waals surface area contributed by atoms with Crippen LogP contribution in [-0.4, -0.2) is 69.2 Å². The first-order valence-corrected chi connectivity index (χ1v) is 10.6. The van der Waals surface area contributed by atoms with Crippen molar-refractivity contribution < 1.29 is 33.7 Å². The SMILES string of the molecule is COC[C@H](NC(=O)OCC1c2ccccc2-c2ccccc21)C(=O)NCC(CC(=O)O)OC. The van der Waals surface area contributed by atoms with Crippen molar-refractivity contribution >= 4 is 18.0 Å². The lowest BCUT2D eigenvalue weighted by Gasteiger charge is -2.20. The molecule has 0 aliphatic heterocycles. The fourth-order valence-corrected chi connectivity index (χ4v) is 3.90. The predicted octanol–water partition coefficient (Wildman–Crippen LogP) is 2.15. The van der Waals surface area contributed by atoms with Gasteiger partial charge in [-0.1, -0.05) is 48.5 Å². The highest BCUT2D eigenvalue weighted by molar-refractivity contribution is 5.86. The lowest BCUT2D eigenvalue weighted by molar-refractivity contribution is -0.140. The average molecular weight is 456 g/mol. The Kier molecular flexibility index (Phi) is 8.39. The number of benzene rings is 2. The second kappa shape index (κ2) is 11.4. The van der Waals surface area contributed by atoms with Crippen LogP contribution in [0.25, 0.3) is 11.1 Å². The number of fused-ring (bicyclic) bond motifs is 3. The highest BCUT2D eigenvalue weighted by Gasteiger charge is 2.30. The minimum absolute atomic E-state index is 0.0196. The monoisotopic (exact) mass is 456 g/mol. The van der Waals surface area contributed by atoms with Gasteiger partial charge in [-0.15, -0.1) is 0 Å². The van der Waals surface area contributed by atoms with Crippen molar-refractivity contribution in [2.75, 3.05) is 34.0 Å². The van der Waals surface area contributed by atoms with Crippen LogP contribution < -0.4 is 10.6 Å². The summed E-state index contributed by atoms with van der Waals surface area (Å²) in [6, 6.07) is 15.0. The van der Waals surface area contributed by atoms with Crippen molar-refractivity contribution in [3.8, 4) is 11.1 Å². The van der Waals surface area contributed by atoms with E-state index in [0.29, 0.717) is 0 Å². The van der Waals surface area contributed by atoms with E-state index in [0.717, 1.165) is 22.3 Å². The first kappa shape index (κ1) is 24.2. The third-order valence-corrected chi connectivity index (χ3v) is 5.53. The molecule has 0 radical (unpaired) electrons. The number of hydrogen-bond acceptors (Lipinski definition) is 6. The third-order valence-electron chi connectivity index (χ3n) is 5.53. The number of nitrogens with one attached hydrogen (secondary N) is 2. The molecule has 2 aromatic rings. The number of rotatable bonds is 11. The molecular formula is C24H28N2O7. The molecule has 2 aromatic carbocycles. The van der Waals surface area contributed by atoms with E-state index in [9.17, 15) is 14.4 Å². The Morgan fingerprint density at radius 2 is 1.61 bits per heavy atom. The van der Waals surface area contributed by atoms with E-state index in [2.05, 4.69) is 10.6 Å². The molecule has 9 heteroatoms. The molecule has 2 amide bonds. The maximum Gasteiger partial charge on any atom is 0.407 e. The van der Waals surface area contributed by atoms with E-state index in [-0.39, 0.29) is 32.1 Å². The van der Waals surface area contributed by atoms with Gasteiger partial charge >= 0.3 is 12.1 Å². The Morgan fingerprint density at radius 1 is 1.00 bits per heavy atom. The molecule has 1 unspecified atom stereocenters. The van der Waals surface area contributed by atoms with E-state index in [1.165, 1.54) is 14.2 Å². The second-order valence-corrected chi connectivity index (χ2v) is 7.68. The zero-order valence-electron chi connectivity index (χ0n) is 18.6. The van der Waals surface area contributed by atoms with Crippen molar-refractivity contribution in [1.82, 2.24) is 10.6 Å². The lowest BCUT2D eigenvalue weighted by Crippen LogP contribution is -2.51. The van der Waals surface area contributed by atoms with Crippen LogP contribution in [-0.2, 0) is 23.8 Å². The summed E-state index contributed by atoms with van der Waals surface area (Å²) in [6.45, 7) is 0.0202. The summed E-state index contributed by atoms with van der Waals surface area (Å²) in [7, 11) is 2.77. The minimum atomic E-state index is -1.04. The van der Waals surface area contributed by atoms with Crippen LogP contribution in [0.15, 0.2) is 48.5 Å². The van der Waals surface area contributed by atoms with Crippen LogP contribution in [0.4, 0.5) is 4.79 Å². The van der Waals surface area contributed by atoms with Gasteiger partial charge in [0.1, 0.15) is 12.6 Å². The fraction of sp³-hybridized carbons (Fsp3) is 0.375. The molecule has 2 atom stereocenters. The Morgan fingerprint density at radius 3 is 2.15 bits per heavy atom. The molecule has 0 heterocycles. The maximum atomic E-state index is 12.5. The zero-order valence-corrected chi connectivity index (χ0v) is 18.6. The summed E-state index contributed by atoms with van der Waals surface area (Å²) in [4.78, 5) is 35.8. The largest absolute Gasteiger partial charge is 0.481 e. The van der Waals surface area contributed by atoms with Crippen LogP contribution in [0.1, 0.15) is 23.5 Å². The number of aliphatic carboxylic acids is 1. The van der Waals surface area contributed by atoms with Gasteiger partial charge in [0.15, 0.2) is 0 Å². The number of carbonyl (C=O) groups is 3. The standard InChI is InChI=1S/C24H28N2O7/c1-31-14-21(23(29)25-12-15(32-2)11-22(27)28)26-24(30)33-13-20-18-9-5-3-7-16(18)17-8-4-6-10-19(17)20/h3-10,15,20-21H,11-14H2,1-2H3,(H,25,29)(H,26,30)(H,27,28)/t15?,21-/m0/s1. The number of alkyl carbamates (subject to hydrolysis) is 1. The highest BCUT2D eigenvalue weighted by atomic mass is 16.5. The number of carboxylic acid groups (broad SMARTS) is 1. The van der Waals surface area contributed by atoms with E-state index in [1.54, 1.807) is 0 Å². The molecule has 3 N–H and O–H groups in total. The molecule has 0 bridgehead atoms. The number of hydrogen-bond donors (Lipinski definition) is 3. The van der Waals surface area contributed by atoms with Crippen LogP contribution >= 0.6 is 0 Å². The molecule has 1 aliphatic carbocycles. The molecular weight excluding hydrogens is 428 g/mol. The maximum absolute atomic E-state index is 12.5. The van der Waals surface area contributed by atoms with Gasteiger partial charge in [0.05, 0.1) is 19.1 Å². The van der Waals surface area contributed by atoms with Crippen LogP contribution in [0.2, 0.25) is 0 Å². The van der Waals surface area contributed by atoms with Gasteiger partial charge in [0.25, 0.3) is 0 Å². The molecule has 3 rings (SSSR count). The summed E-state index contributed by atoms with van der Waals surface area (Å²) in [5, 5.41) is 14.0. The summed E-state index contributed by atoms with van der Waals surface area (Å²) in [5.41, 5.74) is 4.41. The molecule has 0 spiro atoms. The summed E-state index contributed by atoms with van der Waals surface area (Å²) >= 11 is 0. The quantitative estimate of drug-likeness (QED) is 0.473. The fourth-order valence-electron chi connectivity index (χ4n) is 3.90. The molecule has 0 fully saturated rings. The number of amides is 2. The first-order valence-electron chi connectivity index (χ1n) is 10.6. The predicted molar refractivity (Wildman–Crippen MR) is 120 cm³/mol. The van der Waals surface area contributed by atoms with Crippen LogP contribution in [0, 0.1) is 0 Å². The smallest absolute Gasteiger partial charge is 0.407 e. The molecule has 1 aliphatic rings. The van der Waals surface area contributed by atoms with E-state index in [4.69, 9.17) is 19.3 Å². The van der Waals surface area contributed by atoms with Gasteiger partial charge in [-0.3, -0.25) is 9.59 Å². The van der Waals surface area contributed by atoms with Crippen LogP contribution in [0.3, 0.4) is 0 Å². The Balaban J connectivity index is 1.58. The topological polar surface area (TPSA) is 123 Å². The summed E-state index contributed by atoms with van der Waals surface area (Å²) < 4.78 is 15.6. The molecule has 33 heavy (non-hydrogen) atoms. The van der Waals surface area contributed by atoms with Crippen molar-refractivity contribution in [1.29, 1.82) is 0 Å². The average Bonchev–Trinajstić information content (AvgIpc) is 3.13. The number of carbonyl (C=O) groups excluding carboxylic acids is 2. The molecule has 176 valence electrons. The van der Waals surface area contributed by atoms with Crippen molar-refractivity contribution in [2.45, 2.75) is 24.5 Å². The first-order chi connectivity index (χ1) is 15.9.